The van der Waals surface area contributed by atoms with E-state index in [-0.39, 0.29) is 6.42 Å². The molecule has 0 fully saturated rings. The Morgan fingerprint density at radius 3 is 2.11 bits per heavy atom. The van der Waals surface area contributed by atoms with Gasteiger partial charge in [0.25, 0.3) is 0 Å². The molecule has 0 amide bonds. The molecule has 0 aliphatic rings. The molecule has 0 atom stereocenters. The molecule has 4 nitrogen and oxygen atoms in total. The average Bonchev–Trinajstić information content (AvgIpc) is 1.62. The second kappa shape index (κ2) is 2.82. The first-order valence-corrected chi connectivity index (χ1v) is 4.19. The van der Waals surface area contributed by atoms with Gasteiger partial charge in [-0.05, 0) is 0 Å². The van der Waals surface area contributed by atoms with Crippen molar-refractivity contribution in [2.24, 2.45) is 0 Å². The van der Waals surface area contributed by atoms with Crippen LogP contribution in [0.15, 0.2) is 0 Å². The van der Waals surface area contributed by atoms with Crippen LogP contribution in [0.3, 0.4) is 0 Å². The Bertz CT molecular complexity index is 191. The van der Waals surface area contributed by atoms with E-state index in [0.717, 1.165) is 6.26 Å². The fourth-order valence-electron chi connectivity index (χ4n) is 0.228. The van der Waals surface area contributed by atoms with Gasteiger partial charge in [0, 0.05) is 6.42 Å². The van der Waals surface area contributed by atoms with E-state index in [1.165, 1.54) is 6.92 Å². The summed E-state index contributed by atoms with van der Waals surface area (Å²) in [6, 6.07) is 0. The topological polar surface area (TPSA) is 60.4 Å². The summed E-state index contributed by atoms with van der Waals surface area (Å²) in [5.74, 6) is -0.725. The van der Waals surface area contributed by atoms with Crippen molar-refractivity contribution in [2.75, 3.05) is 6.26 Å². The zero-order chi connectivity index (χ0) is 7.49. The maximum Gasteiger partial charge on any atom is 0.321 e. The van der Waals surface area contributed by atoms with Crippen molar-refractivity contribution in [3.05, 3.63) is 0 Å². The summed E-state index contributed by atoms with van der Waals surface area (Å²) in [4.78, 5) is 10.2. The third-order valence-corrected chi connectivity index (χ3v) is 1.02. The maximum atomic E-state index is 10.2. The summed E-state index contributed by atoms with van der Waals surface area (Å²) in [6.07, 6.45) is 0.910. The molecule has 0 saturated carbocycles. The molecular weight excluding hydrogens is 144 g/mol. The van der Waals surface area contributed by atoms with Gasteiger partial charge in [0.2, 0.25) is 0 Å². The highest BCUT2D eigenvalue weighted by Crippen LogP contribution is 1.90. The van der Waals surface area contributed by atoms with E-state index in [4.69, 9.17) is 0 Å². The van der Waals surface area contributed by atoms with Gasteiger partial charge < -0.3 is 4.18 Å². The van der Waals surface area contributed by atoms with E-state index in [1.54, 1.807) is 0 Å². The first-order valence-electron chi connectivity index (χ1n) is 2.38. The standard InChI is InChI=1S/C4H8O4S/c1-3-4(5)8-9(2,6)7/h3H2,1-2H3. The van der Waals surface area contributed by atoms with Gasteiger partial charge in [-0.2, -0.15) is 8.42 Å². The summed E-state index contributed by atoms with van der Waals surface area (Å²) in [7, 11) is -3.58. The first-order chi connectivity index (χ1) is 3.95. The van der Waals surface area contributed by atoms with Crippen molar-refractivity contribution in [1.82, 2.24) is 0 Å². The highest BCUT2D eigenvalue weighted by atomic mass is 32.2. The number of carbonyl (C=O) groups excluding carboxylic acids is 1. The van der Waals surface area contributed by atoms with Gasteiger partial charge >= 0.3 is 16.1 Å². The van der Waals surface area contributed by atoms with Crippen LogP contribution in [0.1, 0.15) is 13.3 Å². The van der Waals surface area contributed by atoms with E-state index in [0.29, 0.717) is 0 Å². The number of hydrogen-bond acceptors (Lipinski definition) is 4. The van der Waals surface area contributed by atoms with Crippen LogP contribution >= 0.6 is 0 Å². The molecule has 0 bridgehead atoms. The van der Waals surface area contributed by atoms with Gasteiger partial charge in [-0.1, -0.05) is 6.92 Å². The molecule has 0 spiro atoms. The van der Waals surface area contributed by atoms with Gasteiger partial charge in [-0.3, -0.25) is 4.79 Å². The van der Waals surface area contributed by atoms with Gasteiger partial charge in [0.1, 0.15) is 0 Å². The van der Waals surface area contributed by atoms with Gasteiger partial charge in [0.05, 0.1) is 6.26 Å². The number of rotatable bonds is 2. The zero-order valence-corrected chi connectivity index (χ0v) is 6.06. The molecule has 0 N–H and O–H groups in total. The third-order valence-electron chi connectivity index (χ3n) is 0.533. The lowest BCUT2D eigenvalue weighted by Gasteiger charge is -1.95. The van der Waals surface area contributed by atoms with E-state index >= 15 is 0 Å². The van der Waals surface area contributed by atoms with Crippen LogP contribution in [0, 0.1) is 0 Å². The van der Waals surface area contributed by atoms with Gasteiger partial charge in [0.15, 0.2) is 0 Å². The molecule has 0 unspecified atom stereocenters. The molecule has 0 radical (unpaired) electrons. The van der Waals surface area contributed by atoms with E-state index in [1.807, 2.05) is 0 Å². The maximum absolute atomic E-state index is 10.2. The Balaban J connectivity index is 3.91. The zero-order valence-electron chi connectivity index (χ0n) is 5.25. The number of hydrogen-bond donors (Lipinski definition) is 0. The van der Waals surface area contributed by atoms with Crippen LogP contribution in [-0.2, 0) is 19.1 Å². The van der Waals surface area contributed by atoms with Gasteiger partial charge in [-0.15, -0.1) is 0 Å². The predicted octanol–water partition coefficient (Wildman–Crippen LogP) is -0.101. The molecule has 54 valence electrons. The molecule has 0 aromatic rings. The highest BCUT2D eigenvalue weighted by Gasteiger charge is 2.06. The minimum Gasteiger partial charge on any atom is -0.346 e. The minimum absolute atomic E-state index is 0.0765. The summed E-state index contributed by atoms with van der Waals surface area (Å²) >= 11 is 0. The lowest BCUT2D eigenvalue weighted by Crippen LogP contribution is -2.09. The lowest BCUT2D eigenvalue weighted by molar-refractivity contribution is -0.133. The van der Waals surface area contributed by atoms with Crippen LogP contribution in [0.5, 0.6) is 0 Å². The second-order valence-electron chi connectivity index (χ2n) is 1.51. The normalized spacial score (nSPS) is 10.9. The summed E-state index contributed by atoms with van der Waals surface area (Å²) in [5, 5.41) is 0. The lowest BCUT2D eigenvalue weighted by atomic mass is 10.5. The molecule has 0 aliphatic heterocycles. The molecule has 0 aromatic heterocycles. The fourth-order valence-corrected chi connectivity index (χ4v) is 0.683. The van der Waals surface area contributed by atoms with E-state index in [9.17, 15) is 13.2 Å². The van der Waals surface area contributed by atoms with Crippen molar-refractivity contribution in [1.29, 1.82) is 0 Å². The Labute approximate surface area is 53.9 Å². The largest absolute Gasteiger partial charge is 0.346 e. The highest BCUT2D eigenvalue weighted by molar-refractivity contribution is 7.86. The smallest absolute Gasteiger partial charge is 0.321 e. The molecule has 0 aromatic carbocycles. The molecule has 0 heterocycles. The summed E-state index contributed by atoms with van der Waals surface area (Å²) < 4.78 is 24.2. The summed E-state index contributed by atoms with van der Waals surface area (Å²) in [6.45, 7) is 1.52. The molecule has 0 saturated heterocycles. The Morgan fingerprint density at radius 2 is 2.00 bits per heavy atom. The van der Waals surface area contributed by atoms with Crippen molar-refractivity contribution < 1.29 is 17.4 Å². The van der Waals surface area contributed by atoms with Gasteiger partial charge in [-0.25, -0.2) is 0 Å². The quantitative estimate of drug-likeness (QED) is 0.518. The van der Waals surface area contributed by atoms with Crippen molar-refractivity contribution in [2.45, 2.75) is 13.3 Å². The molecular formula is C4H8O4S. The minimum atomic E-state index is -3.58. The third kappa shape index (κ3) is 5.29. The molecule has 5 heteroatoms. The van der Waals surface area contributed by atoms with Crippen LogP contribution < -0.4 is 0 Å². The van der Waals surface area contributed by atoms with Crippen LogP contribution in [0.2, 0.25) is 0 Å². The van der Waals surface area contributed by atoms with Crippen molar-refractivity contribution in [3.63, 3.8) is 0 Å². The average molecular weight is 152 g/mol. The van der Waals surface area contributed by atoms with Crippen LogP contribution in [0.4, 0.5) is 0 Å². The molecule has 9 heavy (non-hydrogen) atoms. The monoisotopic (exact) mass is 152 g/mol. The van der Waals surface area contributed by atoms with Crippen LogP contribution in [0.25, 0.3) is 0 Å². The van der Waals surface area contributed by atoms with Crippen molar-refractivity contribution >= 4 is 16.1 Å². The van der Waals surface area contributed by atoms with Crippen molar-refractivity contribution in [3.8, 4) is 0 Å². The Hall–Kier alpha value is -0.580. The van der Waals surface area contributed by atoms with E-state index < -0.39 is 16.1 Å². The second-order valence-corrected chi connectivity index (χ2v) is 3.09. The van der Waals surface area contributed by atoms with E-state index in [2.05, 4.69) is 4.18 Å². The Morgan fingerprint density at radius 1 is 1.56 bits per heavy atom. The van der Waals surface area contributed by atoms with Crippen LogP contribution in [-0.4, -0.2) is 20.6 Å². The fraction of sp³-hybridized carbons (Fsp3) is 0.750. The summed E-state index contributed by atoms with van der Waals surface area (Å²) in [5.41, 5.74) is 0. The first kappa shape index (κ1) is 8.42. The predicted molar refractivity (Wildman–Crippen MR) is 31.2 cm³/mol. The number of carbonyl (C=O) groups is 1. The molecule has 0 aliphatic carbocycles. The molecule has 0 rings (SSSR count). The SMILES string of the molecule is CCC(=O)OS(C)(=O)=O. The Kier molecular flexibility index (Phi) is 2.64.